The van der Waals surface area contributed by atoms with E-state index in [1.807, 2.05) is 38.1 Å². The van der Waals surface area contributed by atoms with E-state index >= 15 is 0 Å². The molecule has 116 valence electrons. The highest BCUT2D eigenvalue weighted by molar-refractivity contribution is 6.06. The number of amides is 2. The molecule has 0 radical (unpaired) electrons. The van der Waals surface area contributed by atoms with Gasteiger partial charge in [-0.3, -0.25) is 14.5 Å². The molecule has 0 aliphatic carbocycles. The zero-order valence-corrected chi connectivity index (χ0v) is 13.0. The van der Waals surface area contributed by atoms with Crippen molar-refractivity contribution in [3.8, 4) is 0 Å². The molecule has 1 aromatic rings. The molecule has 5 atom stereocenters. The number of ether oxygens (including phenoxy) is 1. The van der Waals surface area contributed by atoms with Crippen LogP contribution in [0.2, 0.25) is 0 Å². The maximum Gasteiger partial charge on any atom is 0.236 e. The van der Waals surface area contributed by atoms with Gasteiger partial charge in [-0.25, -0.2) is 0 Å². The standard InChI is InChI=1S/C18H21NO3/c1-3-12(11-6-4-10(2)5-7-11)19-17(20)15-13-8-9-14(22-13)16(15)18(19)21/h4-7,12-16H,3,8-9H2,1-2H3. The van der Waals surface area contributed by atoms with E-state index in [1.54, 1.807) is 0 Å². The van der Waals surface area contributed by atoms with Gasteiger partial charge in [-0.1, -0.05) is 36.8 Å². The van der Waals surface area contributed by atoms with Crippen LogP contribution in [0.15, 0.2) is 24.3 Å². The van der Waals surface area contributed by atoms with Crippen LogP contribution >= 0.6 is 0 Å². The largest absolute Gasteiger partial charge is 0.373 e. The minimum Gasteiger partial charge on any atom is -0.373 e. The van der Waals surface area contributed by atoms with Gasteiger partial charge in [0.1, 0.15) is 0 Å². The summed E-state index contributed by atoms with van der Waals surface area (Å²) in [7, 11) is 0. The Labute approximate surface area is 130 Å². The molecule has 3 aliphatic rings. The number of fused-ring (bicyclic) bond motifs is 5. The molecule has 0 saturated carbocycles. The lowest BCUT2D eigenvalue weighted by Gasteiger charge is -2.27. The second-order valence-corrected chi connectivity index (χ2v) is 6.72. The molecule has 4 nitrogen and oxygen atoms in total. The first-order valence-corrected chi connectivity index (χ1v) is 8.20. The van der Waals surface area contributed by atoms with Gasteiger partial charge < -0.3 is 4.74 Å². The highest BCUT2D eigenvalue weighted by Gasteiger charge is 2.63. The lowest BCUT2D eigenvalue weighted by molar-refractivity contribution is -0.145. The topological polar surface area (TPSA) is 46.6 Å². The van der Waals surface area contributed by atoms with Crippen LogP contribution in [0.4, 0.5) is 0 Å². The van der Waals surface area contributed by atoms with Crippen molar-refractivity contribution in [3.05, 3.63) is 35.4 Å². The van der Waals surface area contributed by atoms with Crippen LogP contribution in [0.25, 0.3) is 0 Å². The zero-order valence-electron chi connectivity index (χ0n) is 13.0. The highest BCUT2D eigenvalue weighted by Crippen LogP contribution is 2.50. The normalized spacial score (nSPS) is 34.4. The maximum atomic E-state index is 12.9. The van der Waals surface area contributed by atoms with Crippen molar-refractivity contribution in [1.82, 2.24) is 4.90 Å². The van der Waals surface area contributed by atoms with Gasteiger partial charge in [-0.15, -0.1) is 0 Å². The Morgan fingerprint density at radius 1 is 1.09 bits per heavy atom. The van der Waals surface area contributed by atoms with Gasteiger partial charge in [0.05, 0.1) is 30.1 Å². The number of hydrogen-bond donors (Lipinski definition) is 0. The van der Waals surface area contributed by atoms with E-state index in [0.717, 1.165) is 24.8 Å². The predicted molar refractivity (Wildman–Crippen MR) is 80.9 cm³/mol. The molecule has 0 spiro atoms. The van der Waals surface area contributed by atoms with Gasteiger partial charge in [-0.05, 0) is 31.7 Å². The summed E-state index contributed by atoms with van der Waals surface area (Å²) in [6.45, 7) is 4.07. The molecule has 3 saturated heterocycles. The second kappa shape index (κ2) is 4.92. The SMILES string of the molecule is CCC(c1ccc(C)cc1)N1C(=O)C2C3CCC(O3)C2C1=O. The molecule has 2 amide bonds. The number of carbonyl (C=O) groups excluding carboxylic acids is 2. The van der Waals surface area contributed by atoms with E-state index in [0.29, 0.717) is 0 Å². The Balaban J connectivity index is 1.68. The maximum absolute atomic E-state index is 12.9. The summed E-state index contributed by atoms with van der Waals surface area (Å²) in [6, 6.07) is 7.99. The lowest BCUT2D eigenvalue weighted by atomic mass is 9.81. The van der Waals surface area contributed by atoms with Gasteiger partial charge in [-0.2, -0.15) is 0 Å². The molecule has 0 aromatic heterocycles. The first-order valence-electron chi connectivity index (χ1n) is 8.20. The first-order chi connectivity index (χ1) is 10.6. The van der Waals surface area contributed by atoms with Crippen molar-refractivity contribution >= 4 is 11.8 Å². The predicted octanol–water partition coefficient (Wildman–Crippen LogP) is 2.61. The van der Waals surface area contributed by atoms with Gasteiger partial charge in [0.2, 0.25) is 11.8 Å². The van der Waals surface area contributed by atoms with Crippen LogP contribution < -0.4 is 0 Å². The van der Waals surface area contributed by atoms with Gasteiger partial charge >= 0.3 is 0 Å². The third-order valence-corrected chi connectivity index (χ3v) is 5.48. The fourth-order valence-corrected chi connectivity index (χ4v) is 4.40. The Kier molecular flexibility index (Phi) is 3.12. The minimum atomic E-state index is -0.231. The molecule has 22 heavy (non-hydrogen) atoms. The van der Waals surface area contributed by atoms with Crippen molar-refractivity contribution in [2.75, 3.05) is 0 Å². The van der Waals surface area contributed by atoms with E-state index in [1.165, 1.54) is 10.5 Å². The minimum absolute atomic E-state index is 0.0189. The molecule has 1 aromatic carbocycles. The molecule has 3 fully saturated rings. The fourth-order valence-electron chi connectivity index (χ4n) is 4.40. The Morgan fingerprint density at radius 3 is 2.14 bits per heavy atom. The summed E-state index contributed by atoms with van der Waals surface area (Å²) in [4.78, 5) is 27.2. The zero-order chi connectivity index (χ0) is 15.4. The number of rotatable bonds is 3. The summed E-state index contributed by atoms with van der Waals surface area (Å²) in [5, 5.41) is 0. The summed E-state index contributed by atoms with van der Waals surface area (Å²) in [5.74, 6) is -0.499. The molecule has 3 heterocycles. The molecular weight excluding hydrogens is 278 g/mol. The van der Waals surface area contributed by atoms with E-state index in [2.05, 4.69) is 0 Å². The summed E-state index contributed by atoms with van der Waals surface area (Å²) >= 11 is 0. The number of aryl methyl sites for hydroxylation is 1. The van der Waals surface area contributed by atoms with E-state index in [9.17, 15) is 9.59 Å². The van der Waals surface area contributed by atoms with Crippen LogP contribution in [-0.2, 0) is 14.3 Å². The van der Waals surface area contributed by atoms with Crippen molar-refractivity contribution in [2.24, 2.45) is 11.8 Å². The molecule has 2 bridgehead atoms. The van der Waals surface area contributed by atoms with Gasteiger partial charge in [0.15, 0.2) is 0 Å². The quantitative estimate of drug-likeness (QED) is 0.806. The van der Waals surface area contributed by atoms with Crippen molar-refractivity contribution in [3.63, 3.8) is 0 Å². The highest BCUT2D eigenvalue weighted by atomic mass is 16.5. The van der Waals surface area contributed by atoms with E-state index < -0.39 is 0 Å². The average molecular weight is 299 g/mol. The third kappa shape index (κ3) is 1.80. The molecule has 4 heteroatoms. The third-order valence-electron chi connectivity index (χ3n) is 5.48. The van der Waals surface area contributed by atoms with Crippen LogP contribution in [-0.4, -0.2) is 28.9 Å². The molecule has 5 unspecified atom stereocenters. The summed E-state index contributed by atoms with van der Waals surface area (Å²) in [6.07, 6.45) is 2.51. The van der Waals surface area contributed by atoms with Crippen LogP contribution in [0.3, 0.4) is 0 Å². The fraction of sp³-hybridized carbons (Fsp3) is 0.556. The molecule has 0 N–H and O–H groups in total. The van der Waals surface area contributed by atoms with Crippen LogP contribution in [0.1, 0.15) is 43.4 Å². The van der Waals surface area contributed by atoms with Crippen LogP contribution in [0, 0.1) is 18.8 Å². The number of benzene rings is 1. The molecule has 4 rings (SSSR count). The first kappa shape index (κ1) is 13.9. The lowest BCUT2D eigenvalue weighted by Crippen LogP contribution is -2.37. The monoisotopic (exact) mass is 299 g/mol. The van der Waals surface area contributed by atoms with Crippen LogP contribution in [0.5, 0.6) is 0 Å². The number of hydrogen-bond acceptors (Lipinski definition) is 3. The van der Waals surface area contributed by atoms with E-state index in [4.69, 9.17) is 4.74 Å². The number of nitrogens with zero attached hydrogens (tertiary/aromatic N) is 1. The molecular formula is C18H21NO3. The Bertz CT molecular complexity index is 596. The number of likely N-dealkylation sites (tertiary alicyclic amines) is 1. The Morgan fingerprint density at radius 2 is 1.64 bits per heavy atom. The molecule has 3 aliphatic heterocycles. The second-order valence-electron chi connectivity index (χ2n) is 6.72. The number of imide groups is 1. The van der Waals surface area contributed by atoms with Crippen molar-refractivity contribution in [2.45, 2.75) is 51.4 Å². The van der Waals surface area contributed by atoms with Gasteiger partial charge in [0.25, 0.3) is 0 Å². The summed E-state index contributed by atoms with van der Waals surface area (Å²) in [5.41, 5.74) is 2.23. The Hall–Kier alpha value is -1.68. The average Bonchev–Trinajstić information content (AvgIpc) is 3.18. The summed E-state index contributed by atoms with van der Waals surface area (Å²) < 4.78 is 5.79. The van der Waals surface area contributed by atoms with Crippen molar-refractivity contribution in [1.29, 1.82) is 0 Å². The van der Waals surface area contributed by atoms with E-state index in [-0.39, 0.29) is 41.9 Å². The van der Waals surface area contributed by atoms with Crippen molar-refractivity contribution < 1.29 is 14.3 Å². The van der Waals surface area contributed by atoms with Gasteiger partial charge in [0, 0.05) is 0 Å². The number of carbonyl (C=O) groups is 2. The smallest absolute Gasteiger partial charge is 0.236 e.